The van der Waals surface area contributed by atoms with Crippen molar-refractivity contribution in [2.24, 2.45) is 0 Å². The molecule has 0 fully saturated rings. The smallest absolute Gasteiger partial charge is 0.0528 e. The Kier molecular flexibility index (Phi) is 6.00. The fourth-order valence-corrected chi connectivity index (χ4v) is 6.36. The Hall–Kier alpha value is -2.54. The van der Waals surface area contributed by atoms with Gasteiger partial charge in [0.2, 0.25) is 0 Å². The van der Waals surface area contributed by atoms with Gasteiger partial charge in [-0.1, -0.05) is 0 Å². The van der Waals surface area contributed by atoms with Crippen LogP contribution in [0.1, 0.15) is 83.5 Å². The molecular formula is C33H43N. The van der Waals surface area contributed by atoms with Gasteiger partial charge in [0.1, 0.15) is 0 Å². The van der Waals surface area contributed by atoms with Gasteiger partial charge in [-0.3, -0.25) is 0 Å². The summed E-state index contributed by atoms with van der Waals surface area (Å²) in [7, 11) is 0. The lowest BCUT2D eigenvalue weighted by molar-refractivity contribution is 0.942. The highest BCUT2D eigenvalue weighted by atomic mass is 15.2. The van der Waals surface area contributed by atoms with E-state index < -0.39 is 0 Å². The van der Waals surface area contributed by atoms with Crippen LogP contribution in [0.25, 0.3) is 0 Å². The predicted octanol–water partition coefficient (Wildman–Crippen LogP) is 9.26. The zero-order chi connectivity index (χ0) is 25.4. The summed E-state index contributed by atoms with van der Waals surface area (Å²) in [6.45, 7) is 30.2. The van der Waals surface area contributed by atoms with Gasteiger partial charge in [0.25, 0.3) is 0 Å². The van der Waals surface area contributed by atoms with Crippen LogP contribution in [0.4, 0.5) is 17.1 Å². The summed E-state index contributed by atoms with van der Waals surface area (Å²) >= 11 is 0. The molecule has 0 aromatic heterocycles. The molecule has 3 aromatic carbocycles. The minimum absolute atomic E-state index is 1.09. The Morgan fingerprint density at radius 3 is 0.853 bits per heavy atom. The maximum absolute atomic E-state index is 2.70. The number of fused-ring (bicyclic) bond motifs is 2. The molecule has 3 aromatic rings. The van der Waals surface area contributed by atoms with E-state index in [-0.39, 0.29) is 0 Å². The Bertz CT molecular complexity index is 1270. The average molecular weight is 454 g/mol. The number of hydrogen-bond donors (Lipinski definition) is 0. The summed E-state index contributed by atoms with van der Waals surface area (Å²) < 4.78 is 0. The summed E-state index contributed by atoms with van der Waals surface area (Å²) in [5.41, 5.74) is 25.9. The van der Waals surface area contributed by atoms with Crippen LogP contribution < -0.4 is 4.90 Å². The van der Waals surface area contributed by atoms with E-state index in [1.54, 1.807) is 0 Å². The Balaban J connectivity index is 2.30. The second kappa shape index (κ2) is 8.29. The van der Waals surface area contributed by atoms with Crippen molar-refractivity contribution < 1.29 is 0 Å². The molecule has 4 rings (SSSR count). The second-order valence-electron chi connectivity index (χ2n) is 11.0. The van der Waals surface area contributed by atoms with Gasteiger partial charge >= 0.3 is 0 Å². The number of benzene rings is 3. The lowest BCUT2D eigenvalue weighted by Crippen LogP contribution is -2.20. The highest BCUT2D eigenvalue weighted by Gasteiger charge is 2.32. The van der Waals surface area contributed by atoms with Crippen LogP contribution in [0.15, 0.2) is 0 Å². The molecule has 1 nitrogen and oxygen atoms in total. The van der Waals surface area contributed by atoms with E-state index in [0.29, 0.717) is 0 Å². The Labute approximate surface area is 208 Å². The molecule has 0 saturated heterocycles. The van der Waals surface area contributed by atoms with Crippen LogP contribution >= 0.6 is 0 Å². The van der Waals surface area contributed by atoms with Crippen molar-refractivity contribution >= 4 is 17.1 Å². The monoisotopic (exact) mass is 453 g/mol. The molecule has 0 saturated carbocycles. The van der Waals surface area contributed by atoms with E-state index in [9.17, 15) is 0 Å². The van der Waals surface area contributed by atoms with Gasteiger partial charge in [-0.2, -0.15) is 0 Å². The van der Waals surface area contributed by atoms with Crippen molar-refractivity contribution in [2.75, 3.05) is 4.90 Å². The first kappa shape index (κ1) is 24.6. The quantitative estimate of drug-likeness (QED) is 0.355. The summed E-state index contributed by atoms with van der Waals surface area (Å²) in [5.74, 6) is 0. The molecular weight excluding hydrogens is 410 g/mol. The van der Waals surface area contributed by atoms with Crippen LogP contribution in [0.3, 0.4) is 0 Å². The summed E-state index contributed by atoms with van der Waals surface area (Å²) in [5, 5.41) is 0. The van der Waals surface area contributed by atoms with Crippen molar-refractivity contribution in [2.45, 2.75) is 103 Å². The van der Waals surface area contributed by atoms with E-state index in [0.717, 1.165) is 12.8 Å². The van der Waals surface area contributed by atoms with Gasteiger partial charge in [-0.05, 0) is 186 Å². The largest absolute Gasteiger partial charge is 0.309 e. The normalized spacial score (nSPS) is 13.1. The molecule has 0 atom stereocenters. The molecule has 1 aliphatic heterocycles. The maximum Gasteiger partial charge on any atom is 0.0528 e. The topological polar surface area (TPSA) is 3.24 Å². The molecule has 1 heteroatoms. The molecule has 180 valence electrons. The van der Waals surface area contributed by atoms with Gasteiger partial charge in [0.05, 0.1) is 17.1 Å². The lowest BCUT2D eigenvalue weighted by atomic mass is 9.88. The SMILES string of the molecule is Cc1c(C)c(C)c(N2c3c(C)c(C)c(C)c(C)c3CCc3c(C)c(C)c(C)c(C)c32)c(C)c1C. The standard InChI is InChI=1S/C33H43N/c1-16-19(4)25(10)31(26(11)20(16)5)34-32-27(12)21(6)17(2)23(8)29(32)14-15-30-24(9)18(3)22(7)28(13)33(30)34/h14-15H2,1-13H3. The number of hydrogen-bond acceptors (Lipinski definition) is 1. The van der Waals surface area contributed by atoms with E-state index in [1.807, 2.05) is 0 Å². The molecule has 34 heavy (non-hydrogen) atoms. The molecule has 0 aliphatic carbocycles. The minimum Gasteiger partial charge on any atom is -0.309 e. The van der Waals surface area contributed by atoms with Crippen LogP contribution in [0.2, 0.25) is 0 Å². The molecule has 0 radical (unpaired) electrons. The third-order valence-corrected chi connectivity index (χ3v) is 9.82. The molecule has 0 N–H and O–H groups in total. The summed E-state index contributed by atoms with van der Waals surface area (Å²) in [4.78, 5) is 2.70. The van der Waals surface area contributed by atoms with Gasteiger partial charge in [-0.25, -0.2) is 0 Å². The summed E-state index contributed by atoms with van der Waals surface area (Å²) in [6.07, 6.45) is 2.19. The van der Waals surface area contributed by atoms with Crippen molar-refractivity contribution in [3.05, 3.63) is 83.5 Å². The van der Waals surface area contributed by atoms with Gasteiger partial charge in [0.15, 0.2) is 0 Å². The molecule has 0 bridgehead atoms. The van der Waals surface area contributed by atoms with Crippen molar-refractivity contribution in [1.29, 1.82) is 0 Å². The second-order valence-corrected chi connectivity index (χ2v) is 11.0. The van der Waals surface area contributed by atoms with Crippen LogP contribution in [0, 0.1) is 90.0 Å². The third kappa shape index (κ3) is 3.19. The first-order valence-electron chi connectivity index (χ1n) is 12.9. The van der Waals surface area contributed by atoms with Crippen LogP contribution in [-0.4, -0.2) is 0 Å². The van der Waals surface area contributed by atoms with Crippen molar-refractivity contribution in [3.8, 4) is 0 Å². The minimum atomic E-state index is 1.09. The zero-order valence-corrected chi connectivity index (χ0v) is 23.9. The average Bonchev–Trinajstić information content (AvgIpc) is 2.99. The highest BCUT2D eigenvalue weighted by molar-refractivity contribution is 5.90. The molecule has 1 heterocycles. The molecule has 0 spiro atoms. The van der Waals surface area contributed by atoms with Gasteiger partial charge < -0.3 is 4.90 Å². The van der Waals surface area contributed by atoms with E-state index in [4.69, 9.17) is 0 Å². The number of nitrogens with zero attached hydrogens (tertiary/aromatic N) is 1. The first-order valence-corrected chi connectivity index (χ1v) is 12.9. The van der Waals surface area contributed by atoms with Gasteiger partial charge in [0, 0.05) is 0 Å². The van der Waals surface area contributed by atoms with Gasteiger partial charge in [-0.15, -0.1) is 0 Å². The highest BCUT2D eigenvalue weighted by Crippen LogP contribution is 2.51. The molecule has 1 aliphatic rings. The van der Waals surface area contributed by atoms with Crippen molar-refractivity contribution in [3.63, 3.8) is 0 Å². The predicted molar refractivity (Wildman–Crippen MR) is 150 cm³/mol. The van der Waals surface area contributed by atoms with E-state index in [1.165, 1.54) is 101 Å². The molecule has 0 unspecified atom stereocenters. The van der Waals surface area contributed by atoms with Crippen LogP contribution in [-0.2, 0) is 12.8 Å². The zero-order valence-electron chi connectivity index (χ0n) is 23.9. The fourth-order valence-electron chi connectivity index (χ4n) is 6.36. The maximum atomic E-state index is 2.70. The Morgan fingerprint density at radius 2 is 0.529 bits per heavy atom. The van der Waals surface area contributed by atoms with E-state index >= 15 is 0 Å². The Morgan fingerprint density at radius 1 is 0.294 bits per heavy atom. The first-order chi connectivity index (χ1) is 15.8. The fraction of sp³-hybridized carbons (Fsp3) is 0.455. The third-order valence-electron chi connectivity index (χ3n) is 9.82. The number of anilines is 3. The van der Waals surface area contributed by atoms with Crippen molar-refractivity contribution in [1.82, 2.24) is 0 Å². The molecule has 0 amide bonds. The lowest BCUT2D eigenvalue weighted by Gasteiger charge is -2.36. The number of rotatable bonds is 1. The van der Waals surface area contributed by atoms with Crippen LogP contribution in [0.5, 0.6) is 0 Å². The van der Waals surface area contributed by atoms with E-state index in [2.05, 4.69) is 94.9 Å². The summed E-state index contributed by atoms with van der Waals surface area (Å²) in [6, 6.07) is 0.